The van der Waals surface area contributed by atoms with Gasteiger partial charge in [0.1, 0.15) is 11.5 Å². The number of fused-ring (bicyclic) bond motifs is 2. The molecule has 4 heteroatoms. The summed E-state index contributed by atoms with van der Waals surface area (Å²) in [6, 6.07) is 6.26. The van der Waals surface area contributed by atoms with Crippen molar-refractivity contribution in [2.75, 3.05) is 0 Å². The number of ketones is 2. The fourth-order valence-electron chi connectivity index (χ4n) is 2.95. The van der Waals surface area contributed by atoms with E-state index in [1.54, 1.807) is 50.3 Å². The normalized spacial score (nSPS) is 13.6. The summed E-state index contributed by atoms with van der Waals surface area (Å²) < 4.78 is 0. The molecular formula is C20H16O4. The van der Waals surface area contributed by atoms with Crippen LogP contribution < -0.4 is 0 Å². The minimum absolute atomic E-state index is 0.0592. The third kappa shape index (κ3) is 2.15. The molecule has 1 aliphatic rings. The lowest BCUT2D eigenvalue weighted by Crippen LogP contribution is -2.21. The van der Waals surface area contributed by atoms with Crippen LogP contribution in [0.2, 0.25) is 0 Å². The molecule has 1 aliphatic carbocycles. The van der Waals surface area contributed by atoms with Gasteiger partial charge in [0, 0.05) is 22.3 Å². The fraction of sp³-hybridized carbons (Fsp3) is 0.100. The van der Waals surface area contributed by atoms with E-state index in [1.807, 2.05) is 0 Å². The van der Waals surface area contributed by atoms with Crippen LogP contribution >= 0.6 is 0 Å². The molecule has 0 aromatic heterocycles. The SMILES string of the molecule is C/C=C/c1ccc2c(c1O)C(=O)c1c(ccc(/C=C/C)c1O)C2=O. The lowest BCUT2D eigenvalue weighted by molar-refractivity contribution is 0.0974. The zero-order valence-corrected chi connectivity index (χ0v) is 13.3. The van der Waals surface area contributed by atoms with Crippen LogP contribution in [-0.2, 0) is 0 Å². The number of benzene rings is 2. The number of hydrogen-bond donors (Lipinski definition) is 2. The Labute approximate surface area is 139 Å². The zero-order chi connectivity index (χ0) is 17.4. The molecule has 0 bridgehead atoms. The van der Waals surface area contributed by atoms with Gasteiger partial charge in [-0.15, -0.1) is 0 Å². The highest BCUT2D eigenvalue weighted by atomic mass is 16.3. The number of hydrogen-bond acceptors (Lipinski definition) is 4. The summed E-state index contributed by atoms with van der Waals surface area (Å²) in [6.45, 7) is 3.58. The average Bonchev–Trinajstić information content (AvgIpc) is 2.56. The number of phenols is 2. The summed E-state index contributed by atoms with van der Waals surface area (Å²) in [5.41, 5.74) is 1.08. The molecule has 0 unspecified atom stereocenters. The third-order valence-electron chi connectivity index (χ3n) is 4.05. The molecule has 0 aliphatic heterocycles. The maximum Gasteiger partial charge on any atom is 0.202 e. The van der Waals surface area contributed by atoms with Gasteiger partial charge in [0.25, 0.3) is 0 Å². The van der Waals surface area contributed by atoms with E-state index >= 15 is 0 Å². The van der Waals surface area contributed by atoms with E-state index in [4.69, 9.17) is 0 Å². The molecule has 3 rings (SSSR count). The predicted molar refractivity (Wildman–Crippen MR) is 92.5 cm³/mol. The smallest absolute Gasteiger partial charge is 0.202 e. The summed E-state index contributed by atoms with van der Waals surface area (Å²) in [5, 5.41) is 20.8. The molecule has 2 aromatic carbocycles. The van der Waals surface area contributed by atoms with Crippen LogP contribution in [0, 0.1) is 0 Å². The van der Waals surface area contributed by atoms with Crippen molar-refractivity contribution < 1.29 is 19.8 Å². The van der Waals surface area contributed by atoms with Crippen LogP contribution in [0.15, 0.2) is 36.4 Å². The van der Waals surface area contributed by atoms with Gasteiger partial charge in [-0.2, -0.15) is 0 Å². The van der Waals surface area contributed by atoms with Gasteiger partial charge in [0.2, 0.25) is 5.78 Å². The molecule has 0 spiro atoms. The summed E-state index contributed by atoms with van der Waals surface area (Å²) in [6.07, 6.45) is 6.76. The third-order valence-corrected chi connectivity index (χ3v) is 4.05. The molecule has 4 nitrogen and oxygen atoms in total. The van der Waals surface area contributed by atoms with Crippen molar-refractivity contribution in [3.8, 4) is 11.5 Å². The first-order valence-corrected chi connectivity index (χ1v) is 7.58. The molecule has 120 valence electrons. The maximum absolute atomic E-state index is 12.9. The van der Waals surface area contributed by atoms with Crippen LogP contribution in [0.3, 0.4) is 0 Å². The van der Waals surface area contributed by atoms with Gasteiger partial charge in [-0.05, 0) is 26.0 Å². The Morgan fingerprint density at radius 1 is 0.708 bits per heavy atom. The van der Waals surface area contributed by atoms with Crippen LogP contribution in [-0.4, -0.2) is 21.8 Å². The fourth-order valence-corrected chi connectivity index (χ4v) is 2.95. The predicted octanol–water partition coefficient (Wildman–Crippen LogP) is 3.94. The molecule has 0 saturated heterocycles. The average molecular weight is 320 g/mol. The second-order valence-electron chi connectivity index (χ2n) is 5.51. The molecule has 24 heavy (non-hydrogen) atoms. The molecule has 0 heterocycles. The Morgan fingerprint density at radius 2 is 1.12 bits per heavy atom. The lowest BCUT2D eigenvalue weighted by atomic mass is 9.81. The van der Waals surface area contributed by atoms with Crippen molar-refractivity contribution in [1.29, 1.82) is 0 Å². The van der Waals surface area contributed by atoms with Gasteiger partial charge < -0.3 is 10.2 Å². The monoisotopic (exact) mass is 320 g/mol. The summed E-state index contributed by atoms with van der Waals surface area (Å²) in [5.74, 6) is -1.42. The van der Waals surface area contributed by atoms with Crippen molar-refractivity contribution in [3.05, 3.63) is 69.8 Å². The van der Waals surface area contributed by atoms with Crippen LogP contribution in [0.4, 0.5) is 0 Å². The van der Waals surface area contributed by atoms with Crippen LogP contribution in [0.1, 0.15) is 56.8 Å². The highest BCUT2D eigenvalue weighted by Gasteiger charge is 2.35. The number of rotatable bonds is 2. The molecular weight excluding hydrogens is 304 g/mol. The van der Waals surface area contributed by atoms with E-state index in [9.17, 15) is 19.8 Å². The molecule has 0 amide bonds. The Kier molecular flexibility index (Phi) is 3.81. The van der Waals surface area contributed by atoms with E-state index < -0.39 is 5.78 Å². The van der Waals surface area contributed by atoms with E-state index in [0.717, 1.165) is 0 Å². The highest BCUT2D eigenvalue weighted by Crippen LogP contribution is 2.39. The largest absolute Gasteiger partial charge is 0.507 e. The summed E-state index contributed by atoms with van der Waals surface area (Å²) in [4.78, 5) is 25.6. The van der Waals surface area contributed by atoms with Crippen molar-refractivity contribution >= 4 is 23.7 Å². The standard InChI is InChI=1S/C20H16O4/c1-3-5-11-7-9-13-15(17(11)21)20(24)16-14(19(13)23)10-8-12(6-4-2)18(16)22/h3-10,21-22H,1-2H3/b5-3+,6-4+. The summed E-state index contributed by atoms with van der Waals surface area (Å²) >= 11 is 0. The van der Waals surface area contributed by atoms with Gasteiger partial charge in [-0.1, -0.05) is 36.4 Å². The molecule has 0 atom stereocenters. The minimum atomic E-state index is -0.549. The molecule has 2 N–H and O–H groups in total. The Bertz CT molecular complexity index is 860. The number of carbonyl (C=O) groups excluding carboxylic acids is 2. The van der Waals surface area contributed by atoms with E-state index in [0.29, 0.717) is 11.1 Å². The lowest BCUT2D eigenvalue weighted by Gasteiger charge is -2.21. The van der Waals surface area contributed by atoms with Crippen molar-refractivity contribution in [1.82, 2.24) is 0 Å². The molecule has 0 radical (unpaired) electrons. The topological polar surface area (TPSA) is 74.6 Å². The molecule has 0 saturated carbocycles. The van der Waals surface area contributed by atoms with Gasteiger partial charge >= 0.3 is 0 Å². The Morgan fingerprint density at radius 3 is 1.50 bits per heavy atom. The van der Waals surface area contributed by atoms with E-state index in [2.05, 4.69) is 0 Å². The van der Waals surface area contributed by atoms with Crippen LogP contribution in [0.25, 0.3) is 12.2 Å². The number of phenolic OH excluding ortho intramolecular Hbond substituents is 2. The first-order chi connectivity index (χ1) is 11.5. The van der Waals surface area contributed by atoms with Gasteiger partial charge in [0.15, 0.2) is 5.78 Å². The Balaban J connectivity index is 2.31. The van der Waals surface area contributed by atoms with Gasteiger partial charge in [-0.25, -0.2) is 0 Å². The molecule has 2 aromatic rings. The zero-order valence-electron chi connectivity index (χ0n) is 13.3. The second-order valence-corrected chi connectivity index (χ2v) is 5.51. The molecule has 0 fully saturated rings. The first kappa shape index (κ1) is 15.7. The van der Waals surface area contributed by atoms with Gasteiger partial charge in [-0.3, -0.25) is 9.59 Å². The maximum atomic E-state index is 12.9. The van der Waals surface area contributed by atoms with E-state index in [1.165, 1.54) is 12.1 Å². The summed E-state index contributed by atoms with van der Waals surface area (Å²) in [7, 11) is 0. The van der Waals surface area contributed by atoms with Crippen molar-refractivity contribution in [2.45, 2.75) is 13.8 Å². The number of allylic oxidation sites excluding steroid dienone is 2. The first-order valence-electron chi connectivity index (χ1n) is 7.58. The van der Waals surface area contributed by atoms with Crippen molar-refractivity contribution in [2.24, 2.45) is 0 Å². The number of aromatic hydroxyl groups is 2. The van der Waals surface area contributed by atoms with Crippen LogP contribution in [0.5, 0.6) is 11.5 Å². The van der Waals surface area contributed by atoms with E-state index in [-0.39, 0.29) is 39.5 Å². The quantitative estimate of drug-likeness (QED) is 0.750. The Hall–Kier alpha value is -3.14. The highest BCUT2D eigenvalue weighted by molar-refractivity contribution is 6.30. The second kappa shape index (κ2) is 5.81. The van der Waals surface area contributed by atoms with Crippen molar-refractivity contribution in [3.63, 3.8) is 0 Å². The van der Waals surface area contributed by atoms with Gasteiger partial charge in [0.05, 0.1) is 11.1 Å². The number of carbonyl (C=O) groups is 2. The minimum Gasteiger partial charge on any atom is -0.507 e.